The second-order valence-corrected chi connectivity index (χ2v) is 9.87. The maximum absolute atomic E-state index is 12.9. The van der Waals surface area contributed by atoms with Gasteiger partial charge in [0.05, 0.1) is 10.5 Å². The van der Waals surface area contributed by atoms with Gasteiger partial charge in [-0.15, -0.1) is 0 Å². The number of carbonyl (C=O) groups excluding carboxylic acids is 1. The van der Waals surface area contributed by atoms with E-state index >= 15 is 0 Å². The van der Waals surface area contributed by atoms with Gasteiger partial charge in [0.1, 0.15) is 6.20 Å². The molecule has 1 amide bonds. The van der Waals surface area contributed by atoms with Crippen LogP contribution in [0.4, 0.5) is 5.69 Å². The minimum atomic E-state index is -0.438. The summed E-state index contributed by atoms with van der Waals surface area (Å²) in [5.74, 6) is 1.79. The minimum absolute atomic E-state index is 0.00462. The number of hydrogen-bond acceptors (Lipinski definition) is 4. The van der Waals surface area contributed by atoms with Crippen LogP contribution >= 0.6 is 0 Å². The van der Waals surface area contributed by atoms with Crippen molar-refractivity contribution in [2.45, 2.75) is 88.6 Å². The van der Waals surface area contributed by atoms with E-state index in [2.05, 4.69) is 10.4 Å². The van der Waals surface area contributed by atoms with E-state index in [-0.39, 0.29) is 28.9 Å². The summed E-state index contributed by atoms with van der Waals surface area (Å²) < 4.78 is 1.83. The van der Waals surface area contributed by atoms with E-state index in [1.807, 2.05) is 4.68 Å². The van der Waals surface area contributed by atoms with E-state index in [0.29, 0.717) is 0 Å². The summed E-state index contributed by atoms with van der Waals surface area (Å²) in [6, 6.07) is 0.110. The molecule has 5 fully saturated rings. The fraction of sp³-hybridized carbons (Fsp3) is 0.810. The van der Waals surface area contributed by atoms with Gasteiger partial charge in [-0.2, -0.15) is 5.10 Å². The summed E-state index contributed by atoms with van der Waals surface area (Å²) in [5.41, 5.74) is -0.243. The standard InChI is InChI=1S/C21H30N4O3/c26-20(22-17-5-3-1-2-4-6-17)19-18(25(27)28)13-24(23-19)21-10-14-7-15(11-21)9-16(8-14)12-21/h13-17H,1-12H2,(H,22,26). The van der Waals surface area contributed by atoms with Gasteiger partial charge in [-0.3, -0.25) is 19.6 Å². The molecule has 1 heterocycles. The van der Waals surface area contributed by atoms with E-state index in [4.69, 9.17) is 0 Å². The van der Waals surface area contributed by atoms with Crippen molar-refractivity contribution in [3.63, 3.8) is 0 Å². The average molecular weight is 386 g/mol. The van der Waals surface area contributed by atoms with E-state index in [1.54, 1.807) is 6.20 Å². The van der Waals surface area contributed by atoms with Crippen LogP contribution in [0.1, 0.15) is 87.5 Å². The predicted molar refractivity (Wildman–Crippen MR) is 104 cm³/mol. The lowest BCUT2D eigenvalue weighted by Gasteiger charge is -2.56. The predicted octanol–water partition coefficient (Wildman–Crippen LogP) is 4.17. The Morgan fingerprint density at radius 2 is 1.64 bits per heavy atom. The number of nitrogens with zero attached hydrogens (tertiary/aromatic N) is 3. The van der Waals surface area contributed by atoms with Crippen LogP contribution in [0.5, 0.6) is 0 Å². The van der Waals surface area contributed by atoms with Crippen molar-refractivity contribution in [2.24, 2.45) is 17.8 Å². The normalized spacial score (nSPS) is 34.9. The Morgan fingerprint density at radius 3 is 2.18 bits per heavy atom. The Bertz CT molecular complexity index is 743. The Labute approximate surface area is 165 Å². The number of rotatable bonds is 4. The fourth-order valence-corrected chi connectivity index (χ4v) is 6.93. The van der Waals surface area contributed by atoms with Gasteiger partial charge in [-0.1, -0.05) is 25.7 Å². The summed E-state index contributed by atoms with van der Waals surface area (Å²) in [6.45, 7) is 0. The SMILES string of the molecule is O=C(NC1CCCCCC1)c1nn(C23CC4CC(CC(C4)C2)C3)cc1[N+](=O)[O-]. The monoisotopic (exact) mass is 386 g/mol. The Kier molecular flexibility index (Phi) is 4.43. The molecule has 1 aromatic rings. The molecule has 152 valence electrons. The van der Waals surface area contributed by atoms with Crippen LogP contribution in [0.3, 0.4) is 0 Å². The number of hydrogen-bond donors (Lipinski definition) is 1. The highest BCUT2D eigenvalue weighted by atomic mass is 16.6. The molecule has 5 saturated carbocycles. The summed E-state index contributed by atoms with van der Waals surface area (Å²) >= 11 is 0. The molecule has 0 unspecified atom stereocenters. The molecule has 7 nitrogen and oxygen atoms in total. The van der Waals surface area contributed by atoms with Gasteiger partial charge >= 0.3 is 5.69 Å². The van der Waals surface area contributed by atoms with Gasteiger partial charge in [-0.05, 0) is 69.1 Å². The maximum Gasteiger partial charge on any atom is 0.320 e. The van der Waals surface area contributed by atoms with Crippen LogP contribution in [-0.4, -0.2) is 26.7 Å². The zero-order valence-electron chi connectivity index (χ0n) is 16.4. The topological polar surface area (TPSA) is 90.1 Å². The molecule has 7 heteroatoms. The van der Waals surface area contributed by atoms with Crippen molar-refractivity contribution < 1.29 is 9.72 Å². The molecule has 5 aliphatic rings. The van der Waals surface area contributed by atoms with Crippen molar-refractivity contribution >= 4 is 11.6 Å². The molecule has 0 saturated heterocycles. The smallest absolute Gasteiger partial charge is 0.320 e. The molecule has 6 rings (SSSR count). The number of nitrogens with one attached hydrogen (secondary N) is 1. The zero-order valence-corrected chi connectivity index (χ0v) is 16.4. The highest BCUT2D eigenvalue weighted by Gasteiger charge is 2.53. The molecule has 0 spiro atoms. The van der Waals surface area contributed by atoms with Gasteiger partial charge < -0.3 is 5.32 Å². The van der Waals surface area contributed by atoms with Crippen molar-refractivity contribution in [3.8, 4) is 0 Å². The number of amides is 1. The molecule has 28 heavy (non-hydrogen) atoms. The minimum Gasteiger partial charge on any atom is -0.348 e. The highest BCUT2D eigenvalue weighted by molar-refractivity contribution is 5.96. The van der Waals surface area contributed by atoms with Gasteiger partial charge in [-0.25, -0.2) is 0 Å². The van der Waals surface area contributed by atoms with E-state index < -0.39 is 4.92 Å². The van der Waals surface area contributed by atoms with Gasteiger partial charge in [0, 0.05) is 6.04 Å². The summed E-state index contributed by atoms with van der Waals surface area (Å²) in [7, 11) is 0. The molecule has 1 N–H and O–H groups in total. The first kappa shape index (κ1) is 18.1. The van der Waals surface area contributed by atoms with Crippen molar-refractivity contribution in [2.75, 3.05) is 0 Å². The summed E-state index contributed by atoms with van der Waals surface area (Å²) in [6.07, 6.45) is 15.2. The lowest BCUT2D eigenvalue weighted by molar-refractivity contribution is -0.385. The van der Waals surface area contributed by atoms with Crippen molar-refractivity contribution in [3.05, 3.63) is 22.0 Å². The van der Waals surface area contributed by atoms with Gasteiger partial charge in [0.2, 0.25) is 5.69 Å². The Balaban J connectivity index is 1.42. The lowest BCUT2D eigenvalue weighted by atomic mass is 9.53. The first-order valence-corrected chi connectivity index (χ1v) is 11.1. The number of aromatic nitrogens is 2. The largest absolute Gasteiger partial charge is 0.348 e. The van der Waals surface area contributed by atoms with Crippen LogP contribution in [0, 0.1) is 27.9 Å². The number of carbonyl (C=O) groups is 1. The highest BCUT2D eigenvalue weighted by Crippen LogP contribution is 2.58. The Hall–Kier alpha value is -1.92. The van der Waals surface area contributed by atoms with Crippen LogP contribution in [0.15, 0.2) is 6.20 Å². The van der Waals surface area contributed by atoms with Crippen molar-refractivity contribution in [1.82, 2.24) is 15.1 Å². The first-order valence-electron chi connectivity index (χ1n) is 11.1. The molecule has 4 bridgehead atoms. The lowest BCUT2D eigenvalue weighted by Crippen LogP contribution is -2.52. The van der Waals surface area contributed by atoms with Crippen molar-refractivity contribution in [1.29, 1.82) is 0 Å². The molecule has 1 aromatic heterocycles. The number of nitro groups is 1. The quantitative estimate of drug-likeness (QED) is 0.478. The summed E-state index contributed by atoms with van der Waals surface area (Å²) in [5, 5.41) is 19.3. The third kappa shape index (κ3) is 3.12. The third-order valence-electron chi connectivity index (χ3n) is 7.79. The molecule has 5 aliphatic carbocycles. The van der Waals surface area contributed by atoms with E-state index in [9.17, 15) is 14.9 Å². The second kappa shape index (κ2) is 6.85. The van der Waals surface area contributed by atoms with Crippen LogP contribution in [-0.2, 0) is 5.54 Å². The molecule has 0 aromatic carbocycles. The fourth-order valence-electron chi connectivity index (χ4n) is 6.93. The van der Waals surface area contributed by atoms with Gasteiger partial charge in [0.25, 0.3) is 5.91 Å². The van der Waals surface area contributed by atoms with Crippen LogP contribution in [0.25, 0.3) is 0 Å². The molecule has 0 aliphatic heterocycles. The Morgan fingerprint density at radius 1 is 1.07 bits per heavy atom. The second-order valence-electron chi connectivity index (χ2n) is 9.87. The molecule has 0 atom stereocenters. The molecular weight excluding hydrogens is 356 g/mol. The molecule has 0 radical (unpaired) electrons. The summed E-state index contributed by atoms with van der Waals surface area (Å²) in [4.78, 5) is 24.1. The first-order chi connectivity index (χ1) is 13.5. The molecular formula is C21H30N4O3. The van der Waals surface area contributed by atoms with Crippen LogP contribution in [0.2, 0.25) is 0 Å². The third-order valence-corrected chi connectivity index (χ3v) is 7.79. The van der Waals surface area contributed by atoms with Crippen LogP contribution < -0.4 is 5.32 Å². The maximum atomic E-state index is 12.9. The average Bonchev–Trinajstić information content (AvgIpc) is 2.95. The van der Waals surface area contributed by atoms with E-state index in [1.165, 1.54) is 32.1 Å². The van der Waals surface area contributed by atoms with E-state index in [0.717, 1.165) is 62.7 Å². The van der Waals surface area contributed by atoms with Gasteiger partial charge in [0.15, 0.2) is 0 Å². The zero-order chi connectivity index (χ0) is 19.3.